The summed E-state index contributed by atoms with van der Waals surface area (Å²) in [5.74, 6) is 1.34. The highest BCUT2D eigenvalue weighted by molar-refractivity contribution is 6.30. The van der Waals surface area contributed by atoms with Crippen LogP contribution in [-0.2, 0) is 21.3 Å². The van der Waals surface area contributed by atoms with Crippen molar-refractivity contribution in [2.45, 2.75) is 84.3 Å². The van der Waals surface area contributed by atoms with Crippen molar-refractivity contribution >= 4 is 41.0 Å². The van der Waals surface area contributed by atoms with E-state index in [2.05, 4.69) is 10.2 Å². The number of piperazine rings is 1. The van der Waals surface area contributed by atoms with Gasteiger partial charge in [0, 0.05) is 53.4 Å². The van der Waals surface area contributed by atoms with E-state index in [4.69, 9.17) is 42.9 Å². The molecule has 3 heterocycles. The van der Waals surface area contributed by atoms with Crippen LogP contribution in [0.4, 0.5) is 4.79 Å². The number of benzene rings is 2. The highest BCUT2D eigenvalue weighted by Gasteiger charge is 2.60. The second-order valence-corrected chi connectivity index (χ2v) is 16.2. The first-order valence-corrected chi connectivity index (χ1v) is 17.9. The summed E-state index contributed by atoms with van der Waals surface area (Å²) in [6, 6.07) is 14.9. The first-order chi connectivity index (χ1) is 23.4. The third-order valence-corrected chi connectivity index (χ3v) is 9.92. The number of amidine groups is 1. The number of carbonyl (C=O) groups is 2. The normalized spacial score (nSPS) is 21.6. The number of urea groups is 1. The molecule has 0 radical (unpaired) electrons. The molecule has 3 aromatic rings. The Morgan fingerprint density at radius 2 is 1.44 bits per heavy atom. The van der Waals surface area contributed by atoms with Gasteiger partial charge in [0.25, 0.3) is 0 Å². The molecule has 268 valence electrons. The summed E-state index contributed by atoms with van der Waals surface area (Å²) in [6.07, 6.45) is 1.72. The number of rotatable bonds is 7. The molecule has 0 spiro atoms. The van der Waals surface area contributed by atoms with Crippen molar-refractivity contribution in [1.29, 1.82) is 0 Å². The van der Waals surface area contributed by atoms with Gasteiger partial charge >= 0.3 is 6.03 Å². The Bertz CT molecular complexity index is 1740. The largest absolute Gasteiger partial charge is 0.477 e. The summed E-state index contributed by atoms with van der Waals surface area (Å²) in [7, 11) is 0. The zero-order valence-electron chi connectivity index (χ0n) is 30.6. The molecule has 2 aliphatic rings. The van der Waals surface area contributed by atoms with Crippen molar-refractivity contribution in [3.05, 3.63) is 87.3 Å². The number of halogens is 2. The smallest absolute Gasteiger partial charge is 0.326 e. The maximum atomic E-state index is 15.2. The first kappa shape index (κ1) is 37.5. The van der Waals surface area contributed by atoms with Crippen molar-refractivity contribution in [1.82, 2.24) is 30.0 Å². The fourth-order valence-corrected chi connectivity index (χ4v) is 6.85. The molecule has 0 aliphatic carbocycles. The van der Waals surface area contributed by atoms with E-state index in [-0.39, 0.29) is 29.4 Å². The fourth-order valence-electron chi connectivity index (χ4n) is 6.59. The number of hydrogen-bond donors (Lipinski definition) is 1. The molecule has 12 heteroatoms. The SMILES string of the molecule is CCOc1nc(C(C)(C)C)ncc1C1=N[C@@](C)(c2ccc(Cl)cc2)[C@](C)(c2ccc(Cl)cc2)N1C(=O)N1CCN(CC(=O)NC(C)(C)C)CC1. The molecular formula is C38H49Cl2N7O3. The molecule has 1 N–H and O–H groups in total. The molecule has 1 saturated heterocycles. The fraction of sp³-hybridized carbons (Fsp3) is 0.500. The molecule has 0 unspecified atom stereocenters. The summed E-state index contributed by atoms with van der Waals surface area (Å²) >= 11 is 12.8. The number of amides is 3. The first-order valence-electron chi connectivity index (χ1n) is 17.1. The molecule has 10 nitrogen and oxygen atoms in total. The molecule has 2 atom stereocenters. The van der Waals surface area contributed by atoms with Gasteiger partial charge in [-0.25, -0.2) is 9.78 Å². The molecule has 2 aliphatic heterocycles. The Morgan fingerprint density at radius 3 is 1.96 bits per heavy atom. The minimum Gasteiger partial charge on any atom is -0.477 e. The van der Waals surface area contributed by atoms with Gasteiger partial charge in [-0.05, 0) is 76.9 Å². The van der Waals surface area contributed by atoms with E-state index in [9.17, 15) is 4.79 Å². The predicted molar refractivity (Wildman–Crippen MR) is 199 cm³/mol. The van der Waals surface area contributed by atoms with E-state index in [1.165, 1.54) is 0 Å². The van der Waals surface area contributed by atoms with Gasteiger partial charge in [-0.3, -0.25) is 19.6 Å². The summed E-state index contributed by atoms with van der Waals surface area (Å²) in [5, 5.41) is 4.21. The molecule has 1 fully saturated rings. The van der Waals surface area contributed by atoms with Gasteiger partial charge in [0.05, 0.1) is 18.7 Å². The Balaban J connectivity index is 1.64. The minimum absolute atomic E-state index is 0.0394. The van der Waals surface area contributed by atoms with Gasteiger partial charge < -0.3 is 15.0 Å². The maximum Gasteiger partial charge on any atom is 0.326 e. The highest BCUT2D eigenvalue weighted by Crippen LogP contribution is 2.54. The minimum atomic E-state index is -1.06. The van der Waals surface area contributed by atoms with Crippen molar-refractivity contribution < 1.29 is 14.3 Å². The Kier molecular flexibility index (Phi) is 10.6. The van der Waals surface area contributed by atoms with Crippen LogP contribution >= 0.6 is 23.2 Å². The summed E-state index contributed by atoms with van der Waals surface area (Å²) < 4.78 is 6.16. The van der Waals surface area contributed by atoms with E-state index in [0.29, 0.717) is 65.9 Å². The second-order valence-electron chi connectivity index (χ2n) is 15.4. The Morgan fingerprint density at radius 1 is 0.880 bits per heavy atom. The van der Waals surface area contributed by atoms with Crippen LogP contribution in [0.1, 0.15) is 84.8 Å². The molecule has 0 saturated carbocycles. The maximum absolute atomic E-state index is 15.2. The molecule has 2 aromatic carbocycles. The molecule has 5 rings (SSSR count). The van der Waals surface area contributed by atoms with Crippen molar-refractivity contribution in [3.63, 3.8) is 0 Å². The average molecular weight is 723 g/mol. The number of carbonyl (C=O) groups excluding carboxylic acids is 2. The lowest BCUT2D eigenvalue weighted by atomic mass is 9.71. The standard InChI is InChI=1S/C38H49Cl2N7O3/c1-10-50-32-29(23-41-33(42-32)35(2,3)4)31-44-37(8,25-11-15-27(39)16-12-25)38(9,26-13-17-28(40)18-14-26)47(31)34(49)46-21-19-45(20-22-46)24-30(48)43-36(5,6)7/h11-18,23H,10,19-22,24H2,1-9H3,(H,43,48)/t37-,38-/m0/s1. The number of nitrogens with one attached hydrogen (secondary N) is 1. The molecule has 1 aromatic heterocycles. The van der Waals surface area contributed by atoms with E-state index < -0.39 is 11.1 Å². The second kappa shape index (κ2) is 14.1. The van der Waals surface area contributed by atoms with Gasteiger partial charge in [0.2, 0.25) is 11.8 Å². The predicted octanol–water partition coefficient (Wildman–Crippen LogP) is 7.02. The lowest BCUT2D eigenvalue weighted by Gasteiger charge is -2.47. The van der Waals surface area contributed by atoms with E-state index in [0.717, 1.165) is 11.1 Å². The molecular weight excluding hydrogens is 673 g/mol. The van der Waals surface area contributed by atoms with Crippen LogP contribution in [-0.4, -0.2) is 87.3 Å². The summed E-state index contributed by atoms with van der Waals surface area (Å²) in [6.45, 7) is 20.6. The molecule has 0 bridgehead atoms. The highest BCUT2D eigenvalue weighted by atomic mass is 35.5. The van der Waals surface area contributed by atoms with Gasteiger partial charge in [0.15, 0.2) is 0 Å². The molecule has 50 heavy (non-hydrogen) atoms. The lowest BCUT2D eigenvalue weighted by molar-refractivity contribution is -0.124. The Labute approximate surface area is 306 Å². The number of aliphatic imine (C=N–C) groups is 1. The number of aromatic nitrogens is 2. The van der Waals surface area contributed by atoms with Crippen LogP contribution in [0.25, 0.3) is 0 Å². The number of nitrogens with zero attached hydrogens (tertiary/aromatic N) is 6. The van der Waals surface area contributed by atoms with Crippen molar-refractivity contribution in [2.24, 2.45) is 4.99 Å². The topological polar surface area (TPSA) is 103 Å². The molecule has 3 amide bonds. The quantitative estimate of drug-likeness (QED) is 0.281. The van der Waals surface area contributed by atoms with Gasteiger partial charge in [-0.1, -0.05) is 68.2 Å². The third kappa shape index (κ3) is 7.48. The van der Waals surface area contributed by atoms with Gasteiger partial charge in [-0.2, -0.15) is 4.98 Å². The zero-order chi connectivity index (χ0) is 36.6. The van der Waals surface area contributed by atoms with E-state index in [1.807, 2.05) is 116 Å². The lowest BCUT2D eigenvalue weighted by Crippen LogP contribution is -2.61. The van der Waals surface area contributed by atoms with Gasteiger partial charge in [0.1, 0.15) is 22.7 Å². The number of hydrogen-bond acceptors (Lipinski definition) is 7. The van der Waals surface area contributed by atoms with E-state index in [1.54, 1.807) is 11.1 Å². The van der Waals surface area contributed by atoms with Crippen LogP contribution < -0.4 is 10.1 Å². The third-order valence-electron chi connectivity index (χ3n) is 9.41. The van der Waals surface area contributed by atoms with E-state index >= 15 is 4.79 Å². The van der Waals surface area contributed by atoms with Crippen LogP contribution in [0.3, 0.4) is 0 Å². The van der Waals surface area contributed by atoms with Crippen LogP contribution in [0.5, 0.6) is 5.88 Å². The van der Waals surface area contributed by atoms with Crippen LogP contribution in [0, 0.1) is 0 Å². The zero-order valence-corrected chi connectivity index (χ0v) is 32.1. The van der Waals surface area contributed by atoms with Crippen molar-refractivity contribution in [3.8, 4) is 5.88 Å². The summed E-state index contributed by atoms with van der Waals surface area (Å²) in [4.78, 5) is 48.7. The van der Waals surface area contributed by atoms with Crippen molar-refractivity contribution in [2.75, 3.05) is 39.3 Å². The van der Waals surface area contributed by atoms with Crippen LogP contribution in [0.2, 0.25) is 10.0 Å². The Hall–Kier alpha value is -3.73. The number of ether oxygens (including phenoxy) is 1. The van der Waals surface area contributed by atoms with Crippen LogP contribution in [0.15, 0.2) is 59.7 Å². The summed E-state index contributed by atoms with van der Waals surface area (Å²) in [5.41, 5.74) is -0.498. The average Bonchev–Trinajstić information content (AvgIpc) is 3.28. The van der Waals surface area contributed by atoms with Gasteiger partial charge in [-0.15, -0.1) is 0 Å². The monoisotopic (exact) mass is 721 g/mol.